The Bertz CT molecular complexity index is 460. The lowest BCUT2D eigenvalue weighted by atomic mass is 10.2. The Morgan fingerprint density at radius 2 is 1.76 bits per heavy atom. The van der Waals surface area contributed by atoms with E-state index in [1.54, 1.807) is 12.1 Å². The fourth-order valence-corrected chi connectivity index (χ4v) is 2.01. The maximum atomic E-state index is 12.5. The topological polar surface area (TPSA) is 43.4 Å². The quantitative estimate of drug-likeness (QED) is 0.768. The van der Waals surface area contributed by atoms with Gasteiger partial charge in [-0.05, 0) is 26.0 Å². The molecule has 0 unspecified atom stereocenters. The van der Waals surface area contributed by atoms with Crippen molar-refractivity contribution in [3.8, 4) is 0 Å². The van der Waals surface area contributed by atoms with Crippen LogP contribution in [-0.2, 0) is 14.3 Å². The number of aryl methyl sites for hydroxylation is 1. The average molecular weight is 264 g/mol. The molecule has 0 aliphatic carbocycles. The van der Waals surface area contributed by atoms with Gasteiger partial charge in [-0.15, -0.1) is 0 Å². The molecule has 6 heteroatoms. The zero-order valence-electron chi connectivity index (χ0n) is 9.61. The van der Waals surface area contributed by atoms with Crippen molar-refractivity contribution in [2.45, 2.75) is 31.1 Å². The van der Waals surface area contributed by atoms with Crippen LogP contribution in [0.15, 0.2) is 29.2 Å². The summed E-state index contributed by atoms with van der Waals surface area (Å²) in [5.74, 6) is -2.93. The average Bonchev–Trinajstić information content (AvgIpc) is 2.15. The van der Waals surface area contributed by atoms with Crippen LogP contribution in [-0.4, -0.2) is 20.9 Å². The molecule has 3 nitrogen and oxygen atoms in total. The molecule has 0 aromatic heterocycles. The van der Waals surface area contributed by atoms with Gasteiger partial charge in [0.15, 0.2) is 0 Å². The summed E-state index contributed by atoms with van der Waals surface area (Å²) in [6, 6.07) is 6.00. The van der Waals surface area contributed by atoms with E-state index in [1.165, 1.54) is 12.1 Å². The normalized spacial score (nSPS) is 12.7. The first kappa shape index (κ1) is 14.1. The van der Waals surface area contributed by atoms with E-state index in [1.807, 2.05) is 6.92 Å². The molecule has 1 aromatic rings. The molecule has 1 rings (SSSR count). The van der Waals surface area contributed by atoms with E-state index in [-0.39, 0.29) is 4.90 Å². The summed E-state index contributed by atoms with van der Waals surface area (Å²) < 4.78 is 52.6. The summed E-state index contributed by atoms with van der Waals surface area (Å²) in [5, 5.41) is 0. The van der Waals surface area contributed by atoms with Crippen LogP contribution in [0.2, 0.25) is 0 Å². The highest BCUT2D eigenvalue weighted by Gasteiger charge is 2.23. The lowest BCUT2D eigenvalue weighted by Gasteiger charge is -2.10. The van der Waals surface area contributed by atoms with Gasteiger partial charge >= 0.3 is 0 Å². The van der Waals surface area contributed by atoms with Gasteiger partial charge in [0, 0.05) is 6.42 Å². The molecule has 96 valence electrons. The van der Waals surface area contributed by atoms with Crippen LogP contribution < -0.4 is 0 Å². The molecular formula is C11H14F2O3S. The highest BCUT2D eigenvalue weighted by molar-refractivity contribution is 7.86. The standard InChI is InChI=1S/C11H14F2O3S/c1-9-3-5-10(6-4-9)17(14,15)16-8-7-11(2,12)13/h3-6H,7-8H2,1-2H3. The zero-order chi connectivity index (χ0) is 13.1. The maximum Gasteiger partial charge on any atom is 0.296 e. The van der Waals surface area contributed by atoms with Gasteiger partial charge in [0.1, 0.15) is 0 Å². The van der Waals surface area contributed by atoms with Gasteiger partial charge in [0.25, 0.3) is 10.1 Å². The minimum absolute atomic E-state index is 0.0254. The van der Waals surface area contributed by atoms with E-state index >= 15 is 0 Å². The molecule has 0 aliphatic heterocycles. The molecular weight excluding hydrogens is 250 g/mol. The molecule has 0 saturated heterocycles. The second kappa shape index (κ2) is 5.10. The molecule has 0 aliphatic rings. The highest BCUT2D eigenvalue weighted by atomic mass is 32.2. The van der Waals surface area contributed by atoms with Gasteiger partial charge in [-0.2, -0.15) is 8.42 Å². The fourth-order valence-electron chi connectivity index (χ4n) is 1.10. The first-order chi connectivity index (χ1) is 7.71. The van der Waals surface area contributed by atoms with E-state index < -0.39 is 29.1 Å². The summed E-state index contributed by atoms with van der Waals surface area (Å²) in [4.78, 5) is -0.0254. The predicted molar refractivity (Wildman–Crippen MR) is 59.6 cm³/mol. The van der Waals surface area contributed by atoms with Crippen LogP contribution in [0, 0.1) is 6.92 Å². The summed E-state index contributed by atoms with van der Waals surface area (Å²) in [7, 11) is -3.93. The van der Waals surface area contributed by atoms with Crippen molar-refractivity contribution in [2.24, 2.45) is 0 Å². The predicted octanol–water partition coefficient (Wildman–Crippen LogP) is 2.75. The monoisotopic (exact) mass is 264 g/mol. The minimum Gasteiger partial charge on any atom is -0.266 e. The lowest BCUT2D eigenvalue weighted by Crippen LogP contribution is -2.16. The first-order valence-corrected chi connectivity index (χ1v) is 6.45. The Morgan fingerprint density at radius 3 is 2.24 bits per heavy atom. The minimum atomic E-state index is -3.93. The van der Waals surface area contributed by atoms with E-state index in [0.717, 1.165) is 12.5 Å². The molecule has 0 atom stereocenters. The largest absolute Gasteiger partial charge is 0.296 e. The van der Waals surface area contributed by atoms with Crippen LogP contribution in [0.1, 0.15) is 18.9 Å². The summed E-state index contributed by atoms with van der Waals surface area (Å²) in [6.45, 7) is 2.00. The van der Waals surface area contributed by atoms with Crippen LogP contribution in [0.5, 0.6) is 0 Å². The molecule has 0 fully saturated rings. The van der Waals surface area contributed by atoms with E-state index in [0.29, 0.717) is 0 Å². The van der Waals surface area contributed by atoms with Crippen molar-refractivity contribution in [1.82, 2.24) is 0 Å². The third-order valence-electron chi connectivity index (χ3n) is 2.09. The van der Waals surface area contributed by atoms with Gasteiger partial charge in [-0.25, -0.2) is 8.78 Å². The van der Waals surface area contributed by atoms with Crippen molar-refractivity contribution >= 4 is 10.1 Å². The number of alkyl halides is 2. The van der Waals surface area contributed by atoms with Crippen LogP contribution >= 0.6 is 0 Å². The Balaban J connectivity index is 2.66. The third-order valence-corrected chi connectivity index (χ3v) is 3.42. The van der Waals surface area contributed by atoms with Crippen LogP contribution in [0.25, 0.3) is 0 Å². The second-order valence-corrected chi connectivity index (χ2v) is 5.52. The molecule has 0 radical (unpaired) electrons. The van der Waals surface area contributed by atoms with Crippen LogP contribution in [0.4, 0.5) is 8.78 Å². The number of benzene rings is 1. The third kappa shape index (κ3) is 4.79. The second-order valence-electron chi connectivity index (χ2n) is 3.91. The number of rotatable bonds is 5. The SMILES string of the molecule is Cc1ccc(S(=O)(=O)OCCC(C)(F)F)cc1. The first-order valence-electron chi connectivity index (χ1n) is 5.05. The van der Waals surface area contributed by atoms with Crippen molar-refractivity contribution in [3.05, 3.63) is 29.8 Å². The number of hydrogen-bond acceptors (Lipinski definition) is 3. The molecule has 1 aromatic carbocycles. The van der Waals surface area contributed by atoms with Crippen LogP contribution in [0.3, 0.4) is 0 Å². The Kier molecular flexibility index (Phi) is 4.21. The Labute approximate surface area is 99.5 Å². The molecule has 0 heterocycles. The molecule has 0 bridgehead atoms. The fraction of sp³-hybridized carbons (Fsp3) is 0.455. The van der Waals surface area contributed by atoms with Crippen molar-refractivity contribution in [3.63, 3.8) is 0 Å². The molecule has 0 saturated carbocycles. The molecule has 17 heavy (non-hydrogen) atoms. The summed E-state index contributed by atoms with van der Waals surface area (Å²) in [6.07, 6.45) is -0.627. The van der Waals surface area contributed by atoms with E-state index in [9.17, 15) is 17.2 Å². The van der Waals surface area contributed by atoms with Gasteiger partial charge in [0.2, 0.25) is 5.92 Å². The zero-order valence-corrected chi connectivity index (χ0v) is 10.4. The number of hydrogen-bond donors (Lipinski definition) is 0. The molecule has 0 amide bonds. The number of halogens is 2. The molecule has 0 spiro atoms. The van der Waals surface area contributed by atoms with Gasteiger partial charge < -0.3 is 0 Å². The highest BCUT2D eigenvalue weighted by Crippen LogP contribution is 2.19. The van der Waals surface area contributed by atoms with E-state index in [2.05, 4.69) is 4.18 Å². The Hall–Kier alpha value is -1.01. The summed E-state index contributed by atoms with van der Waals surface area (Å²) in [5.41, 5.74) is 0.907. The van der Waals surface area contributed by atoms with Crippen molar-refractivity contribution in [2.75, 3.05) is 6.61 Å². The smallest absolute Gasteiger partial charge is 0.266 e. The van der Waals surface area contributed by atoms with Gasteiger partial charge in [-0.1, -0.05) is 17.7 Å². The van der Waals surface area contributed by atoms with E-state index in [4.69, 9.17) is 0 Å². The Morgan fingerprint density at radius 1 is 1.24 bits per heavy atom. The van der Waals surface area contributed by atoms with Gasteiger partial charge in [0.05, 0.1) is 11.5 Å². The van der Waals surface area contributed by atoms with Gasteiger partial charge in [-0.3, -0.25) is 4.18 Å². The van der Waals surface area contributed by atoms with Crippen molar-refractivity contribution < 1.29 is 21.4 Å². The molecule has 0 N–H and O–H groups in total. The van der Waals surface area contributed by atoms with Crippen molar-refractivity contribution in [1.29, 1.82) is 0 Å². The summed E-state index contributed by atoms with van der Waals surface area (Å²) >= 11 is 0. The maximum absolute atomic E-state index is 12.5. The lowest BCUT2D eigenvalue weighted by molar-refractivity contribution is 0.00166.